The SMILES string of the molecule is NC(/C=C(\NCc1ccc(C(NCc2ccc(-c3ccccc3)cc2)NC(N)c2ccc(-c3ccccc3)cc2)cc1)c1ccc2ccccc2c1)c1ccc2ccccc2c1. The molecule has 0 heterocycles. The standard InChI is InChI=1S/C57H51N5/c58-54(52-33-29-44-15-7-9-17-50(44)35-52)37-55(53-34-30-45-16-8-10-18-51(45)36-53)60-38-40-21-25-49(26-22-40)57(61-39-41-19-23-46(24-20-41)42-11-3-1-4-12-42)62-56(59)48-31-27-47(28-32-48)43-13-5-2-6-14-43/h1-37,54,56-57,60-62H,38-39,58-59H2/b55-37-. The maximum absolute atomic E-state index is 6.94. The molecule has 0 amide bonds. The summed E-state index contributed by atoms with van der Waals surface area (Å²) >= 11 is 0. The van der Waals surface area contributed by atoms with Gasteiger partial charge in [0, 0.05) is 18.8 Å². The molecule has 0 fully saturated rings. The smallest absolute Gasteiger partial charge is 0.0852 e. The van der Waals surface area contributed by atoms with E-state index in [1.807, 2.05) is 12.1 Å². The first-order chi connectivity index (χ1) is 30.5. The highest BCUT2D eigenvalue weighted by Gasteiger charge is 2.17. The van der Waals surface area contributed by atoms with Crippen molar-refractivity contribution in [1.29, 1.82) is 0 Å². The Labute approximate surface area is 364 Å². The van der Waals surface area contributed by atoms with Gasteiger partial charge in [0.1, 0.15) is 0 Å². The highest BCUT2D eigenvalue weighted by molar-refractivity contribution is 5.86. The third-order valence-electron chi connectivity index (χ3n) is 11.7. The van der Waals surface area contributed by atoms with Crippen molar-refractivity contribution in [3.05, 3.63) is 258 Å². The predicted octanol–water partition coefficient (Wildman–Crippen LogP) is 12.2. The van der Waals surface area contributed by atoms with Crippen LogP contribution in [0.2, 0.25) is 0 Å². The summed E-state index contributed by atoms with van der Waals surface area (Å²) in [5.74, 6) is 0. The van der Waals surface area contributed by atoms with E-state index in [2.05, 4.69) is 228 Å². The Bertz CT molecular complexity index is 2890. The lowest BCUT2D eigenvalue weighted by Gasteiger charge is -2.26. The molecule has 5 heteroatoms. The van der Waals surface area contributed by atoms with Gasteiger partial charge in [0.2, 0.25) is 0 Å². The number of fused-ring (bicyclic) bond motifs is 2. The van der Waals surface area contributed by atoms with Crippen LogP contribution < -0.4 is 27.4 Å². The number of hydrogen-bond acceptors (Lipinski definition) is 5. The second-order valence-corrected chi connectivity index (χ2v) is 15.9. The van der Waals surface area contributed by atoms with Gasteiger partial charge in [-0.05, 0) is 95.4 Å². The van der Waals surface area contributed by atoms with Gasteiger partial charge in [0.25, 0.3) is 0 Å². The van der Waals surface area contributed by atoms with Crippen LogP contribution in [0.25, 0.3) is 49.5 Å². The number of nitrogens with one attached hydrogen (secondary N) is 3. The molecule has 3 atom stereocenters. The van der Waals surface area contributed by atoms with Gasteiger partial charge in [-0.3, -0.25) is 10.6 Å². The monoisotopic (exact) mass is 805 g/mol. The van der Waals surface area contributed by atoms with Crippen LogP contribution in [0, 0.1) is 0 Å². The van der Waals surface area contributed by atoms with Gasteiger partial charge >= 0.3 is 0 Å². The molecule has 0 aliphatic heterocycles. The molecule has 0 saturated heterocycles. The van der Waals surface area contributed by atoms with Gasteiger partial charge in [0.05, 0.1) is 18.4 Å². The van der Waals surface area contributed by atoms with Crippen LogP contribution in [-0.2, 0) is 13.1 Å². The van der Waals surface area contributed by atoms with E-state index < -0.39 is 6.17 Å². The number of hydrogen-bond donors (Lipinski definition) is 5. The summed E-state index contributed by atoms with van der Waals surface area (Å²) in [6, 6.07) is 76.5. The highest BCUT2D eigenvalue weighted by Crippen LogP contribution is 2.27. The number of nitrogens with two attached hydrogens (primary N) is 2. The molecule has 0 aliphatic rings. The van der Waals surface area contributed by atoms with Crippen LogP contribution in [0.15, 0.2) is 224 Å². The minimum absolute atomic E-state index is 0.220. The quantitative estimate of drug-likeness (QED) is 0.0666. The molecule has 0 spiro atoms. The zero-order chi connectivity index (χ0) is 42.1. The summed E-state index contributed by atoms with van der Waals surface area (Å²) in [6.07, 6.45) is 1.52. The molecular weight excluding hydrogens is 755 g/mol. The Morgan fingerprint density at radius 1 is 0.419 bits per heavy atom. The van der Waals surface area contributed by atoms with E-state index in [4.69, 9.17) is 11.5 Å². The van der Waals surface area contributed by atoms with Crippen molar-refractivity contribution in [1.82, 2.24) is 16.0 Å². The average molecular weight is 806 g/mol. The zero-order valence-corrected chi connectivity index (χ0v) is 34.7. The molecule has 62 heavy (non-hydrogen) atoms. The van der Waals surface area contributed by atoms with Gasteiger partial charge in [-0.2, -0.15) is 0 Å². The fraction of sp³-hybridized carbons (Fsp3) is 0.0877. The lowest BCUT2D eigenvalue weighted by Crippen LogP contribution is -2.39. The first-order valence-corrected chi connectivity index (χ1v) is 21.4. The second-order valence-electron chi connectivity index (χ2n) is 15.9. The third-order valence-corrected chi connectivity index (χ3v) is 11.7. The van der Waals surface area contributed by atoms with Crippen molar-refractivity contribution in [2.75, 3.05) is 0 Å². The average Bonchev–Trinajstić information content (AvgIpc) is 3.34. The largest absolute Gasteiger partial charge is 0.381 e. The summed E-state index contributed by atoms with van der Waals surface area (Å²) in [5.41, 5.74) is 26.2. The van der Waals surface area contributed by atoms with E-state index in [-0.39, 0.29) is 12.2 Å². The van der Waals surface area contributed by atoms with Gasteiger partial charge in [-0.15, -0.1) is 0 Å². The Balaban J connectivity index is 0.947. The molecule has 0 saturated carbocycles. The lowest BCUT2D eigenvalue weighted by atomic mass is 9.99. The van der Waals surface area contributed by atoms with Crippen molar-refractivity contribution in [3.63, 3.8) is 0 Å². The number of rotatable bonds is 15. The minimum Gasteiger partial charge on any atom is -0.381 e. The molecule has 0 aliphatic carbocycles. The van der Waals surface area contributed by atoms with Crippen LogP contribution in [0.1, 0.15) is 51.8 Å². The van der Waals surface area contributed by atoms with E-state index in [0.717, 1.165) is 39.1 Å². The molecule has 3 unspecified atom stereocenters. The van der Waals surface area contributed by atoms with E-state index in [1.54, 1.807) is 0 Å². The summed E-state index contributed by atoms with van der Waals surface area (Å²) < 4.78 is 0. The van der Waals surface area contributed by atoms with E-state index in [0.29, 0.717) is 13.1 Å². The number of benzene rings is 9. The molecule has 9 aromatic carbocycles. The Hall–Kier alpha value is -7.12. The van der Waals surface area contributed by atoms with Crippen molar-refractivity contribution >= 4 is 27.2 Å². The first-order valence-electron chi connectivity index (χ1n) is 21.4. The molecule has 0 aromatic heterocycles. The molecule has 9 aromatic rings. The Kier molecular flexibility index (Phi) is 12.4. The summed E-state index contributed by atoms with van der Waals surface area (Å²) in [7, 11) is 0. The molecule has 304 valence electrons. The second kappa shape index (κ2) is 19.1. The third kappa shape index (κ3) is 9.74. The van der Waals surface area contributed by atoms with Crippen LogP contribution in [-0.4, -0.2) is 0 Å². The van der Waals surface area contributed by atoms with E-state index in [9.17, 15) is 0 Å². The fourth-order valence-electron chi connectivity index (χ4n) is 8.06. The van der Waals surface area contributed by atoms with Crippen molar-refractivity contribution in [3.8, 4) is 22.3 Å². The molecule has 0 radical (unpaired) electrons. The van der Waals surface area contributed by atoms with Crippen LogP contribution in [0.5, 0.6) is 0 Å². The normalized spacial score (nSPS) is 13.2. The Morgan fingerprint density at radius 2 is 0.887 bits per heavy atom. The zero-order valence-electron chi connectivity index (χ0n) is 34.7. The van der Waals surface area contributed by atoms with E-state index >= 15 is 0 Å². The maximum atomic E-state index is 6.94. The van der Waals surface area contributed by atoms with Gasteiger partial charge < -0.3 is 16.8 Å². The highest BCUT2D eigenvalue weighted by atomic mass is 15.2. The van der Waals surface area contributed by atoms with Crippen LogP contribution >= 0.6 is 0 Å². The first kappa shape index (κ1) is 40.3. The molecule has 9 rings (SSSR count). The van der Waals surface area contributed by atoms with Gasteiger partial charge in [0.15, 0.2) is 0 Å². The summed E-state index contributed by atoms with van der Waals surface area (Å²) in [6.45, 7) is 1.28. The topological polar surface area (TPSA) is 88.1 Å². The summed E-state index contributed by atoms with van der Waals surface area (Å²) in [4.78, 5) is 0. The minimum atomic E-state index is -0.402. The maximum Gasteiger partial charge on any atom is 0.0852 e. The fourth-order valence-corrected chi connectivity index (χ4v) is 8.06. The Morgan fingerprint density at radius 3 is 1.52 bits per heavy atom. The molecule has 7 N–H and O–H groups in total. The van der Waals surface area contributed by atoms with Crippen molar-refractivity contribution in [2.45, 2.75) is 31.5 Å². The predicted molar refractivity (Wildman–Crippen MR) is 259 cm³/mol. The van der Waals surface area contributed by atoms with Crippen LogP contribution in [0.3, 0.4) is 0 Å². The molecular formula is C57H51N5. The lowest BCUT2D eigenvalue weighted by molar-refractivity contribution is 0.386. The van der Waals surface area contributed by atoms with Crippen molar-refractivity contribution in [2.24, 2.45) is 11.5 Å². The molecule has 5 nitrogen and oxygen atoms in total. The summed E-state index contributed by atoms with van der Waals surface area (Å²) in [5, 5.41) is 16.0. The van der Waals surface area contributed by atoms with Crippen LogP contribution in [0.4, 0.5) is 0 Å². The van der Waals surface area contributed by atoms with Gasteiger partial charge in [-0.1, -0.05) is 206 Å². The van der Waals surface area contributed by atoms with E-state index in [1.165, 1.54) is 43.8 Å². The molecule has 0 bridgehead atoms. The van der Waals surface area contributed by atoms with Gasteiger partial charge in [-0.25, -0.2) is 0 Å². The van der Waals surface area contributed by atoms with Crippen molar-refractivity contribution < 1.29 is 0 Å².